The van der Waals surface area contributed by atoms with Crippen LogP contribution in [0.2, 0.25) is 5.02 Å². The molecule has 0 spiro atoms. The Kier molecular flexibility index (Phi) is 4.21. The molecule has 120 valence electrons. The predicted octanol–water partition coefficient (Wildman–Crippen LogP) is 3.49. The number of thiocarbonyl (C=S) groups is 1. The highest BCUT2D eigenvalue weighted by Gasteiger charge is 2.60. The average Bonchev–Trinajstić information content (AvgIpc) is 3.25. The molecule has 1 aliphatic carbocycles. The summed E-state index contributed by atoms with van der Waals surface area (Å²) in [5, 5.41) is -0.107. The summed E-state index contributed by atoms with van der Waals surface area (Å²) in [7, 11) is -3.51. The quantitative estimate of drug-likeness (QED) is 0.842. The number of hydrogen-bond acceptors (Lipinski definition) is 3. The Bertz CT molecular complexity index is 845. The standard InChI is InChI=1S/C17H16ClNO2S2/c1-10-2-4-11(5-3-10)14-15(17(19)22)16(14)23(20,21)13-8-6-12(18)7-9-13/h2-9,14-16H,1H3,(H2,19,22)/t14-,15-,16+/m1/s1. The van der Waals surface area contributed by atoms with Gasteiger partial charge in [0.25, 0.3) is 0 Å². The molecule has 0 aliphatic heterocycles. The number of sulfone groups is 1. The van der Waals surface area contributed by atoms with Gasteiger partial charge in [0.15, 0.2) is 9.84 Å². The molecular formula is C17H16ClNO2S2. The van der Waals surface area contributed by atoms with Gasteiger partial charge in [-0.25, -0.2) is 8.42 Å². The van der Waals surface area contributed by atoms with Gasteiger partial charge in [-0.2, -0.15) is 0 Å². The number of nitrogens with two attached hydrogens (primary N) is 1. The van der Waals surface area contributed by atoms with Gasteiger partial charge in [0.2, 0.25) is 0 Å². The van der Waals surface area contributed by atoms with Crippen molar-refractivity contribution in [1.82, 2.24) is 0 Å². The van der Waals surface area contributed by atoms with Crippen molar-refractivity contribution in [3.63, 3.8) is 0 Å². The lowest BCUT2D eigenvalue weighted by molar-refractivity contribution is 0.593. The van der Waals surface area contributed by atoms with Gasteiger partial charge in [-0.05, 0) is 36.8 Å². The van der Waals surface area contributed by atoms with E-state index in [1.807, 2.05) is 31.2 Å². The average molecular weight is 366 g/mol. The summed E-state index contributed by atoms with van der Waals surface area (Å²) in [6.45, 7) is 1.99. The zero-order valence-electron chi connectivity index (χ0n) is 12.4. The molecule has 0 unspecified atom stereocenters. The lowest BCUT2D eigenvalue weighted by atomic mass is 10.1. The molecule has 0 aromatic heterocycles. The van der Waals surface area contributed by atoms with Crippen molar-refractivity contribution < 1.29 is 8.42 Å². The minimum absolute atomic E-state index is 0.186. The van der Waals surface area contributed by atoms with E-state index in [0.717, 1.165) is 11.1 Å². The molecule has 3 atom stereocenters. The van der Waals surface area contributed by atoms with Crippen LogP contribution in [0.25, 0.3) is 0 Å². The first-order valence-electron chi connectivity index (χ1n) is 7.18. The highest BCUT2D eigenvalue weighted by Crippen LogP contribution is 2.54. The zero-order chi connectivity index (χ0) is 16.8. The number of aryl methyl sites for hydroxylation is 1. The van der Waals surface area contributed by atoms with Crippen LogP contribution in [0, 0.1) is 12.8 Å². The van der Waals surface area contributed by atoms with Gasteiger partial charge >= 0.3 is 0 Å². The fraction of sp³-hybridized carbons (Fsp3) is 0.235. The highest BCUT2D eigenvalue weighted by molar-refractivity contribution is 7.92. The van der Waals surface area contributed by atoms with Gasteiger partial charge in [-0.3, -0.25) is 0 Å². The lowest BCUT2D eigenvalue weighted by Gasteiger charge is -2.05. The van der Waals surface area contributed by atoms with Crippen LogP contribution in [0.1, 0.15) is 17.0 Å². The van der Waals surface area contributed by atoms with E-state index in [1.165, 1.54) is 12.1 Å². The third-order valence-electron chi connectivity index (χ3n) is 4.25. The predicted molar refractivity (Wildman–Crippen MR) is 96.6 cm³/mol. The van der Waals surface area contributed by atoms with Gasteiger partial charge in [0, 0.05) is 16.9 Å². The molecule has 0 saturated heterocycles. The molecule has 3 nitrogen and oxygen atoms in total. The van der Waals surface area contributed by atoms with Crippen LogP contribution in [-0.4, -0.2) is 18.7 Å². The van der Waals surface area contributed by atoms with E-state index in [-0.39, 0.29) is 21.7 Å². The maximum absolute atomic E-state index is 12.9. The van der Waals surface area contributed by atoms with E-state index in [4.69, 9.17) is 29.6 Å². The summed E-state index contributed by atoms with van der Waals surface area (Å²) in [5.41, 5.74) is 7.87. The number of benzene rings is 2. The molecule has 0 heterocycles. The van der Waals surface area contributed by atoms with Gasteiger partial charge in [0.05, 0.1) is 15.1 Å². The van der Waals surface area contributed by atoms with Crippen molar-refractivity contribution >= 4 is 38.6 Å². The molecule has 2 N–H and O–H groups in total. The van der Waals surface area contributed by atoms with Crippen LogP contribution < -0.4 is 5.73 Å². The van der Waals surface area contributed by atoms with Crippen molar-refractivity contribution in [3.8, 4) is 0 Å². The minimum atomic E-state index is -3.51. The minimum Gasteiger partial charge on any atom is -0.393 e. The van der Waals surface area contributed by atoms with Gasteiger partial charge in [-0.1, -0.05) is 53.6 Å². The summed E-state index contributed by atoms with van der Waals surface area (Å²) < 4.78 is 25.8. The summed E-state index contributed by atoms with van der Waals surface area (Å²) in [6, 6.07) is 14.0. The zero-order valence-corrected chi connectivity index (χ0v) is 14.8. The molecule has 1 fully saturated rings. The molecule has 1 saturated carbocycles. The Morgan fingerprint density at radius 1 is 1.09 bits per heavy atom. The maximum atomic E-state index is 12.9. The van der Waals surface area contributed by atoms with Crippen LogP contribution in [0.3, 0.4) is 0 Å². The summed E-state index contributed by atoms with van der Waals surface area (Å²) in [5.74, 6) is -0.512. The Labute approximate surface area is 146 Å². The molecule has 6 heteroatoms. The van der Waals surface area contributed by atoms with E-state index < -0.39 is 15.1 Å². The second-order valence-electron chi connectivity index (χ2n) is 5.83. The van der Waals surface area contributed by atoms with Crippen LogP contribution >= 0.6 is 23.8 Å². The van der Waals surface area contributed by atoms with Crippen LogP contribution in [0.4, 0.5) is 0 Å². The van der Waals surface area contributed by atoms with E-state index in [9.17, 15) is 8.42 Å². The van der Waals surface area contributed by atoms with Gasteiger partial charge < -0.3 is 5.73 Å². The van der Waals surface area contributed by atoms with Crippen molar-refractivity contribution in [2.75, 3.05) is 0 Å². The molecule has 3 rings (SSSR count). The van der Waals surface area contributed by atoms with Crippen LogP contribution in [0.15, 0.2) is 53.4 Å². The second-order valence-corrected chi connectivity index (χ2v) is 8.84. The molecule has 0 amide bonds. The molecular weight excluding hydrogens is 350 g/mol. The van der Waals surface area contributed by atoms with Gasteiger partial charge in [0.1, 0.15) is 0 Å². The summed E-state index contributed by atoms with van der Waals surface area (Å²) in [4.78, 5) is 0.501. The number of halogens is 1. The molecule has 23 heavy (non-hydrogen) atoms. The third-order valence-corrected chi connectivity index (χ3v) is 7.00. The first kappa shape index (κ1) is 16.4. The van der Waals surface area contributed by atoms with Crippen LogP contribution in [0.5, 0.6) is 0 Å². The normalized spacial score (nSPS) is 23.5. The number of hydrogen-bond donors (Lipinski definition) is 1. The molecule has 2 aromatic rings. The van der Waals surface area contributed by atoms with E-state index in [2.05, 4.69) is 0 Å². The van der Waals surface area contributed by atoms with Gasteiger partial charge in [-0.15, -0.1) is 0 Å². The monoisotopic (exact) mass is 365 g/mol. The number of rotatable bonds is 4. The van der Waals surface area contributed by atoms with Crippen molar-refractivity contribution in [1.29, 1.82) is 0 Å². The topological polar surface area (TPSA) is 60.2 Å². The third kappa shape index (κ3) is 3.01. The fourth-order valence-corrected chi connectivity index (χ4v) is 5.63. The smallest absolute Gasteiger partial charge is 0.182 e. The Morgan fingerprint density at radius 3 is 2.17 bits per heavy atom. The first-order chi connectivity index (χ1) is 10.8. The fourth-order valence-electron chi connectivity index (χ4n) is 2.98. The molecule has 0 radical (unpaired) electrons. The largest absolute Gasteiger partial charge is 0.393 e. The highest BCUT2D eigenvalue weighted by atomic mass is 35.5. The van der Waals surface area contributed by atoms with Crippen LogP contribution in [-0.2, 0) is 9.84 Å². The first-order valence-corrected chi connectivity index (χ1v) is 9.51. The molecule has 1 aliphatic rings. The maximum Gasteiger partial charge on any atom is 0.182 e. The van der Waals surface area contributed by atoms with E-state index >= 15 is 0 Å². The summed E-state index contributed by atoms with van der Waals surface area (Å²) >= 11 is 10.9. The van der Waals surface area contributed by atoms with Crippen molar-refractivity contribution in [2.45, 2.75) is 23.0 Å². The summed E-state index contributed by atoms with van der Waals surface area (Å²) in [6.07, 6.45) is 0. The Morgan fingerprint density at radius 2 is 1.65 bits per heavy atom. The SMILES string of the molecule is Cc1ccc([C@@H]2[C@@H](C(N)=S)[C@H]2S(=O)(=O)c2ccc(Cl)cc2)cc1. The Hall–Kier alpha value is -1.43. The molecule has 2 aromatic carbocycles. The van der Waals surface area contributed by atoms with Crippen molar-refractivity contribution in [2.24, 2.45) is 11.7 Å². The second kappa shape index (κ2) is 5.89. The van der Waals surface area contributed by atoms with E-state index in [1.54, 1.807) is 12.1 Å². The Balaban J connectivity index is 1.98. The van der Waals surface area contributed by atoms with Crippen molar-refractivity contribution in [3.05, 3.63) is 64.7 Å². The van der Waals surface area contributed by atoms with E-state index in [0.29, 0.717) is 5.02 Å². The molecule has 0 bridgehead atoms. The lowest BCUT2D eigenvalue weighted by Crippen LogP contribution is -2.17.